The van der Waals surface area contributed by atoms with Crippen molar-refractivity contribution < 1.29 is 21.2 Å². The number of halogens is 1. The van der Waals surface area contributed by atoms with Crippen molar-refractivity contribution >= 4 is 31.4 Å². The number of hydrogen-bond acceptors (Lipinski definition) is 6. The normalized spacial score (nSPS) is 19.2. The summed E-state index contributed by atoms with van der Waals surface area (Å²) < 4.78 is 63.3. The molecule has 1 saturated heterocycles. The minimum absolute atomic E-state index is 0.0587. The lowest BCUT2D eigenvalue weighted by atomic mass is 10.2. The van der Waals surface area contributed by atoms with E-state index in [2.05, 4.69) is 15.0 Å². The molecule has 2 N–H and O–H groups in total. The molecule has 1 fully saturated rings. The Hall–Kier alpha value is -2.20. The summed E-state index contributed by atoms with van der Waals surface area (Å²) in [5, 5.41) is 3.07. The maximum Gasteiger partial charge on any atom is 0.263 e. The van der Waals surface area contributed by atoms with E-state index in [1.807, 2.05) is 0 Å². The first-order valence-electron chi connectivity index (χ1n) is 7.87. The summed E-state index contributed by atoms with van der Waals surface area (Å²) in [4.78, 5) is 3.97. The second-order valence-electron chi connectivity index (χ2n) is 6.19. The summed E-state index contributed by atoms with van der Waals surface area (Å²) in [6.45, 7) is 1.48. The number of nitrogens with one attached hydrogen (secondary N) is 2. The van der Waals surface area contributed by atoms with Crippen LogP contribution in [0.25, 0.3) is 0 Å². The SMILES string of the molecule is Cc1cc(S(=O)(=O)Nc2ccc(NC3CCS(=O)(=O)C3)cn2)ccc1F. The Kier molecular flexibility index (Phi) is 4.89. The second-order valence-corrected chi connectivity index (χ2v) is 10.1. The lowest BCUT2D eigenvalue weighted by molar-refractivity contribution is 0.597. The molecule has 1 aromatic heterocycles. The number of sulfonamides is 1. The fourth-order valence-electron chi connectivity index (χ4n) is 2.67. The van der Waals surface area contributed by atoms with Gasteiger partial charge in [0.2, 0.25) is 0 Å². The van der Waals surface area contributed by atoms with Crippen molar-refractivity contribution in [2.75, 3.05) is 21.5 Å². The first kappa shape index (κ1) is 18.6. The van der Waals surface area contributed by atoms with Gasteiger partial charge in [-0.1, -0.05) is 0 Å². The van der Waals surface area contributed by atoms with E-state index < -0.39 is 25.7 Å². The van der Waals surface area contributed by atoms with Gasteiger partial charge in [0, 0.05) is 6.04 Å². The quantitative estimate of drug-likeness (QED) is 0.796. The number of hydrogen-bond donors (Lipinski definition) is 2. The number of aromatic nitrogens is 1. The molecule has 3 rings (SSSR count). The van der Waals surface area contributed by atoms with Crippen LogP contribution in [0.1, 0.15) is 12.0 Å². The van der Waals surface area contributed by atoms with Crippen LogP contribution in [0.15, 0.2) is 41.4 Å². The lowest BCUT2D eigenvalue weighted by Gasteiger charge is -2.13. The molecule has 10 heteroatoms. The molecule has 2 heterocycles. The minimum atomic E-state index is -3.88. The van der Waals surface area contributed by atoms with Gasteiger partial charge in [0.1, 0.15) is 11.6 Å². The number of aryl methyl sites for hydroxylation is 1. The first-order chi connectivity index (χ1) is 12.1. The molecule has 0 radical (unpaired) electrons. The molecule has 1 unspecified atom stereocenters. The van der Waals surface area contributed by atoms with Gasteiger partial charge in [-0.2, -0.15) is 0 Å². The van der Waals surface area contributed by atoms with Crippen LogP contribution in [0, 0.1) is 12.7 Å². The largest absolute Gasteiger partial charge is 0.380 e. The molecular weight excluding hydrogens is 381 g/mol. The molecule has 1 atom stereocenters. The molecule has 0 bridgehead atoms. The van der Waals surface area contributed by atoms with Gasteiger partial charge in [0.15, 0.2) is 9.84 Å². The fraction of sp³-hybridized carbons (Fsp3) is 0.312. The van der Waals surface area contributed by atoms with Crippen LogP contribution in [-0.4, -0.2) is 39.4 Å². The molecule has 0 amide bonds. The highest BCUT2D eigenvalue weighted by Crippen LogP contribution is 2.20. The Morgan fingerprint density at radius 2 is 2.00 bits per heavy atom. The second kappa shape index (κ2) is 6.84. The minimum Gasteiger partial charge on any atom is -0.380 e. The molecular formula is C16H18FN3O4S2. The predicted octanol–water partition coefficient (Wildman–Crippen LogP) is 1.93. The van der Waals surface area contributed by atoms with Crippen molar-refractivity contribution in [3.8, 4) is 0 Å². The molecule has 26 heavy (non-hydrogen) atoms. The zero-order valence-electron chi connectivity index (χ0n) is 13.9. The Balaban J connectivity index is 1.69. The van der Waals surface area contributed by atoms with E-state index in [1.165, 1.54) is 31.3 Å². The molecule has 1 aliphatic heterocycles. The van der Waals surface area contributed by atoms with Gasteiger partial charge in [-0.25, -0.2) is 26.2 Å². The van der Waals surface area contributed by atoms with Crippen molar-refractivity contribution in [3.63, 3.8) is 0 Å². The van der Waals surface area contributed by atoms with Gasteiger partial charge in [-0.15, -0.1) is 0 Å². The predicted molar refractivity (Wildman–Crippen MR) is 96.9 cm³/mol. The van der Waals surface area contributed by atoms with Crippen molar-refractivity contribution in [3.05, 3.63) is 47.9 Å². The highest BCUT2D eigenvalue weighted by Gasteiger charge is 2.27. The van der Waals surface area contributed by atoms with Crippen LogP contribution in [0.4, 0.5) is 15.9 Å². The van der Waals surface area contributed by atoms with E-state index in [0.29, 0.717) is 12.1 Å². The van der Waals surface area contributed by atoms with Gasteiger partial charge >= 0.3 is 0 Å². The molecule has 1 aromatic carbocycles. The Morgan fingerprint density at radius 3 is 2.58 bits per heavy atom. The zero-order chi connectivity index (χ0) is 18.9. The third-order valence-corrected chi connectivity index (χ3v) is 7.17. The number of benzene rings is 1. The molecule has 7 nitrogen and oxygen atoms in total. The Labute approximate surface area is 151 Å². The number of anilines is 2. The first-order valence-corrected chi connectivity index (χ1v) is 11.2. The van der Waals surface area contributed by atoms with Crippen molar-refractivity contribution in [1.82, 2.24) is 4.98 Å². The van der Waals surface area contributed by atoms with Gasteiger partial charge < -0.3 is 5.32 Å². The molecule has 0 spiro atoms. The molecule has 140 valence electrons. The number of nitrogens with zero attached hydrogens (tertiary/aromatic N) is 1. The number of pyridine rings is 1. The van der Waals surface area contributed by atoms with E-state index >= 15 is 0 Å². The molecule has 1 aliphatic rings. The smallest absolute Gasteiger partial charge is 0.263 e. The third kappa shape index (κ3) is 4.31. The topological polar surface area (TPSA) is 105 Å². The standard InChI is InChI=1S/C16H18FN3O4S2/c1-11-8-14(3-4-15(11)17)26(23,24)20-16-5-2-12(9-18-16)19-13-6-7-25(21,22)10-13/h2-5,8-9,13,19H,6-7,10H2,1H3,(H,18,20). The molecule has 0 aliphatic carbocycles. The van der Waals surface area contributed by atoms with E-state index in [9.17, 15) is 21.2 Å². The van der Waals surface area contributed by atoms with Crippen molar-refractivity contribution in [1.29, 1.82) is 0 Å². The van der Waals surface area contributed by atoms with Crippen molar-refractivity contribution in [2.24, 2.45) is 0 Å². The summed E-state index contributed by atoms with van der Waals surface area (Å²) in [5.74, 6) is -0.138. The Morgan fingerprint density at radius 1 is 1.23 bits per heavy atom. The van der Waals surface area contributed by atoms with Gasteiger partial charge in [-0.05, 0) is 49.2 Å². The highest BCUT2D eigenvalue weighted by molar-refractivity contribution is 7.92. The summed E-state index contributed by atoms with van der Waals surface area (Å²) in [6, 6.07) is 6.44. The fourth-order valence-corrected chi connectivity index (χ4v) is 5.43. The maximum absolute atomic E-state index is 13.3. The number of sulfone groups is 1. The lowest BCUT2D eigenvalue weighted by Crippen LogP contribution is -2.20. The average Bonchev–Trinajstić information content (AvgIpc) is 2.90. The van der Waals surface area contributed by atoms with Crippen molar-refractivity contribution in [2.45, 2.75) is 24.3 Å². The van der Waals surface area contributed by atoms with Crippen LogP contribution < -0.4 is 10.0 Å². The van der Waals surface area contributed by atoms with E-state index in [0.717, 1.165) is 6.07 Å². The number of rotatable bonds is 5. The van der Waals surface area contributed by atoms with Crippen LogP contribution in [-0.2, 0) is 19.9 Å². The van der Waals surface area contributed by atoms with Gasteiger partial charge in [0.25, 0.3) is 10.0 Å². The monoisotopic (exact) mass is 399 g/mol. The third-order valence-electron chi connectivity index (χ3n) is 4.05. The molecule has 2 aromatic rings. The Bertz CT molecular complexity index is 1020. The summed E-state index contributed by atoms with van der Waals surface area (Å²) in [6.07, 6.45) is 1.96. The van der Waals surface area contributed by atoms with E-state index in [-0.39, 0.29) is 33.8 Å². The van der Waals surface area contributed by atoms with E-state index in [1.54, 1.807) is 6.07 Å². The summed E-state index contributed by atoms with van der Waals surface area (Å²) in [7, 11) is -6.87. The van der Waals surface area contributed by atoms with Crippen LogP contribution >= 0.6 is 0 Å². The van der Waals surface area contributed by atoms with Gasteiger partial charge in [-0.3, -0.25) is 4.72 Å². The van der Waals surface area contributed by atoms with E-state index in [4.69, 9.17) is 0 Å². The molecule has 0 saturated carbocycles. The van der Waals surface area contributed by atoms with Crippen LogP contribution in [0.2, 0.25) is 0 Å². The van der Waals surface area contributed by atoms with Crippen LogP contribution in [0.3, 0.4) is 0 Å². The highest BCUT2D eigenvalue weighted by atomic mass is 32.2. The van der Waals surface area contributed by atoms with Crippen LogP contribution in [0.5, 0.6) is 0 Å². The summed E-state index contributed by atoms with van der Waals surface area (Å²) in [5.41, 5.74) is 0.833. The zero-order valence-corrected chi connectivity index (χ0v) is 15.6. The average molecular weight is 399 g/mol. The maximum atomic E-state index is 13.3. The van der Waals surface area contributed by atoms with Gasteiger partial charge in [0.05, 0.1) is 28.3 Å². The summed E-state index contributed by atoms with van der Waals surface area (Å²) >= 11 is 0.